The maximum atomic E-state index is 3.70. The molecule has 0 heterocycles. The highest BCUT2D eigenvalue weighted by atomic mass is 14.9. The zero-order chi connectivity index (χ0) is 11.8. The molecule has 1 nitrogen and oxygen atoms in total. The first-order valence-electron chi connectivity index (χ1n) is 6.66. The van der Waals surface area contributed by atoms with Gasteiger partial charge in [0, 0.05) is 11.7 Å². The van der Waals surface area contributed by atoms with Crippen LogP contribution in [0.2, 0.25) is 0 Å². The second-order valence-corrected chi connectivity index (χ2v) is 4.43. The fraction of sp³-hybridized carbons (Fsp3) is 0.600. The second kappa shape index (κ2) is 7.32. The minimum atomic E-state index is 0.641. The van der Waals surface area contributed by atoms with Crippen LogP contribution in [0.1, 0.15) is 52.0 Å². The first-order valence-corrected chi connectivity index (χ1v) is 6.66. The van der Waals surface area contributed by atoms with Crippen molar-refractivity contribution in [2.45, 2.75) is 58.9 Å². The summed E-state index contributed by atoms with van der Waals surface area (Å²) in [5, 5.41) is 3.70. The molecule has 0 radical (unpaired) electrons. The average Bonchev–Trinajstić information content (AvgIpc) is 2.30. The molecule has 16 heavy (non-hydrogen) atoms. The molecule has 1 aromatic rings. The van der Waals surface area contributed by atoms with Gasteiger partial charge in [-0.1, -0.05) is 51.8 Å². The van der Waals surface area contributed by atoms with Crippen molar-refractivity contribution in [2.75, 3.05) is 5.32 Å². The Kier molecular flexibility index (Phi) is 5.99. The summed E-state index contributed by atoms with van der Waals surface area (Å²) in [5.74, 6) is 0. The third kappa shape index (κ3) is 3.88. The van der Waals surface area contributed by atoms with Gasteiger partial charge in [0.05, 0.1) is 0 Å². The van der Waals surface area contributed by atoms with Gasteiger partial charge in [-0.25, -0.2) is 0 Å². The van der Waals surface area contributed by atoms with Gasteiger partial charge in [0.15, 0.2) is 0 Å². The molecule has 0 unspecified atom stereocenters. The van der Waals surface area contributed by atoms with Crippen LogP contribution in [0.15, 0.2) is 24.3 Å². The highest BCUT2D eigenvalue weighted by Crippen LogP contribution is 2.19. The van der Waals surface area contributed by atoms with E-state index in [0.717, 1.165) is 6.42 Å². The van der Waals surface area contributed by atoms with Crippen LogP contribution < -0.4 is 5.32 Å². The highest BCUT2D eigenvalue weighted by molar-refractivity contribution is 5.51. The Morgan fingerprint density at radius 3 is 2.19 bits per heavy atom. The van der Waals surface area contributed by atoms with Crippen LogP contribution in [0.3, 0.4) is 0 Å². The molecule has 1 heteroatoms. The van der Waals surface area contributed by atoms with E-state index in [1.54, 1.807) is 0 Å². The molecule has 1 N–H and O–H groups in total. The first-order chi connectivity index (χ1) is 7.81. The number of benzene rings is 1. The molecule has 0 saturated carbocycles. The number of hydrogen-bond donors (Lipinski definition) is 1. The van der Waals surface area contributed by atoms with Crippen molar-refractivity contribution < 1.29 is 0 Å². The fourth-order valence-electron chi connectivity index (χ4n) is 2.17. The standard InChI is InChI=1S/C15H25N/c1-4-9-14(10-5-2)16-15-12-8-7-11-13(15)6-3/h7-8,11-12,14,16H,4-6,9-10H2,1-3H3. The van der Waals surface area contributed by atoms with E-state index in [2.05, 4.69) is 50.4 Å². The molecule has 0 amide bonds. The molecule has 0 spiro atoms. The van der Waals surface area contributed by atoms with Crippen LogP contribution in [-0.4, -0.2) is 6.04 Å². The van der Waals surface area contributed by atoms with Gasteiger partial charge in [-0.2, -0.15) is 0 Å². The van der Waals surface area contributed by atoms with Crippen LogP contribution in [0.4, 0.5) is 5.69 Å². The molecule has 0 aliphatic rings. The monoisotopic (exact) mass is 219 g/mol. The van der Waals surface area contributed by atoms with Crippen LogP contribution in [0.25, 0.3) is 0 Å². The maximum Gasteiger partial charge on any atom is 0.0374 e. The molecule has 0 fully saturated rings. The lowest BCUT2D eigenvalue weighted by atomic mass is 10.0. The second-order valence-electron chi connectivity index (χ2n) is 4.43. The van der Waals surface area contributed by atoms with Gasteiger partial charge in [0.2, 0.25) is 0 Å². The first kappa shape index (κ1) is 13.1. The summed E-state index contributed by atoms with van der Waals surface area (Å²) in [6.07, 6.45) is 6.16. The zero-order valence-electron chi connectivity index (χ0n) is 10.9. The van der Waals surface area contributed by atoms with E-state index in [1.807, 2.05) is 0 Å². The predicted octanol–water partition coefficient (Wildman–Crippen LogP) is 4.63. The van der Waals surface area contributed by atoms with Crippen molar-refractivity contribution in [1.29, 1.82) is 0 Å². The van der Waals surface area contributed by atoms with Crippen molar-refractivity contribution in [1.82, 2.24) is 0 Å². The van der Waals surface area contributed by atoms with Crippen molar-refractivity contribution in [3.05, 3.63) is 29.8 Å². The van der Waals surface area contributed by atoms with Crippen molar-refractivity contribution in [3.63, 3.8) is 0 Å². The van der Waals surface area contributed by atoms with Crippen molar-refractivity contribution >= 4 is 5.69 Å². The molecule has 0 atom stereocenters. The Morgan fingerprint density at radius 2 is 1.62 bits per heavy atom. The van der Waals surface area contributed by atoms with Crippen LogP contribution >= 0.6 is 0 Å². The summed E-state index contributed by atoms with van der Waals surface area (Å²) in [4.78, 5) is 0. The minimum Gasteiger partial charge on any atom is -0.382 e. The van der Waals surface area contributed by atoms with E-state index < -0.39 is 0 Å². The molecule has 90 valence electrons. The summed E-state index contributed by atoms with van der Waals surface area (Å²) in [6, 6.07) is 9.31. The Hall–Kier alpha value is -0.980. The average molecular weight is 219 g/mol. The fourth-order valence-corrected chi connectivity index (χ4v) is 2.17. The van der Waals surface area contributed by atoms with Gasteiger partial charge in [-0.3, -0.25) is 0 Å². The number of anilines is 1. The van der Waals surface area contributed by atoms with Gasteiger partial charge in [-0.05, 0) is 30.9 Å². The molecule has 0 saturated heterocycles. The summed E-state index contributed by atoms with van der Waals surface area (Å²) < 4.78 is 0. The summed E-state index contributed by atoms with van der Waals surface area (Å²) in [5.41, 5.74) is 2.76. The lowest BCUT2D eigenvalue weighted by Gasteiger charge is -2.20. The Balaban J connectivity index is 2.67. The quantitative estimate of drug-likeness (QED) is 0.705. The van der Waals surface area contributed by atoms with Crippen molar-refractivity contribution in [3.8, 4) is 0 Å². The molecule has 0 bridgehead atoms. The maximum absolute atomic E-state index is 3.70. The van der Waals surface area contributed by atoms with Crippen LogP contribution in [0, 0.1) is 0 Å². The summed E-state index contributed by atoms with van der Waals surface area (Å²) in [6.45, 7) is 6.74. The molecule has 0 aromatic heterocycles. The van der Waals surface area contributed by atoms with E-state index in [4.69, 9.17) is 0 Å². The molecule has 0 aliphatic carbocycles. The normalized spacial score (nSPS) is 10.8. The smallest absolute Gasteiger partial charge is 0.0374 e. The number of aryl methyl sites for hydroxylation is 1. The zero-order valence-corrected chi connectivity index (χ0v) is 10.9. The van der Waals surface area contributed by atoms with Gasteiger partial charge < -0.3 is 5.32 Å². The highest BCUT2D eigenvalue weighted by Gasteiger charge is 2.07. The van der Waals surface area contributed by atoms with Crippen LogP contribution in [0.5, 0.6) is 0 Å². The van der Waals surface area contributed by atoms with E-state index >= 15 is 0 Å². The molecule has 0 aliphatic heterocycles. The number of hydrogen-bond acceptors (Lipinski definition) is 1. The lowest BCUT2D eigenvalue weighted by Crippen LogP contribution is -2.19. The van der Waals surface area contributed by atoms with Crippen molar-refractivity contribution in [2.24, 2.45) is 0 Å². The van der Waals surface area contributed by atoms with Gasteiger partial charge >= 0.3 is 0 Å². The SMILES string of the molecule is CCCC(CCC)Nc1ccccc1CC. The van der Waals surface area contributed by atoms with E-state index in [0.29, 0.717) is 6.04 Å². The predicted molar refractivity (Wildman–Crippen MR) is 73.0 cm³/mol. The molecular formula is C15H25N. The number of rotatable bonds is 7. The topological polar surface area (TPSA) is 12.0 Å². The molecular weight excluding hydrogens is 194 g/mol. The summed E-state index contributed by atoms with van der Waals surface area (Å²) in [7, 11) is 0. The Bertz CT molecular complexity index is 287. The molecule has 1 aromatic carbocycles. The Morgan fingerprint density at radius 1 is 1.00 bits per heavy atom. The third-order valence-electron chi connectivity index (χ3n) is 3.03. The molecule has 1 rings (SSSR count). The van der Waals surface area contributed by atoms with E-state index in [-0.39, 0.29) is 0 Å². The van der Waals surface area contributed by atoms with E-state index in [1.165, 1.54) is 36.9 Å². The van der Waals surface area contributed by atoms with Gasteiger partial charge in [0.25, 0.3) is 0 Å². The van der Waals surface area contributed by atoms with Gasteiger partial charge in [0.1, 0.15) is 0 Å². The Labute approximate surface area is 100 Å². The minimum absolute atomic E-state index is 0.641. The van der Waals surface area contributed by atoms with Crippen LogP contribution in [-0.2, 0) is 6.42 Å². The lowest BCUT2D eigenvalue weighted by molar-refractivity contribution is 0.586. The number of para-hydroxylation sites is 1. The summed E-state index contributed by atoms with van der Waals surface area (Å²) >= 11 is 0. The number of nitrogens with one attached hydrogen (secondary N) is 1. The van der Waals surface area contributed by atoms with Gasteiger partial charge in [-0.15, -0.1) is 0 Å². The third-order valence-corrected chi connectivity index (χ3v) is 3.03. The largest absolute Gasteiger partial charge is 0.382 e. The van der Waals surface area contributed by atoms with E-state index in [9.17, 15) is 0 Å².